The monoisotopic (exact) mass is 483 g/mol. The number of carbonyl (C=O) groups excluding carboxylic acids is 1. The van der Waals surface area contributed by atoms with E-state index in [1.807, 2.05) is 68.4 Å². The Morgan fingerprint density at radius 3 is 2.44 bits per heavy atom. The molecule has 36 heavy (non-hydrogen) atoms. The molecule has 0 aliphatic rings. The molecule has 1 atom stereocenters. The number of fused-ring (bicyclic) bond motifs is 3. The number of aromatic nitrogens is 1. The molecule has 0 amide bonds. The van der Waals surface area contributed by atoms with Crippen LogP contribution in [0.1, 0.15) is 43.0 Å². The third-order valence-electron chi connectivity index (χ3n) is 6.04. The fourth-order valence-electron chi connectivity index (χ4n) is 4.51. The molecule has 3 aromatic carbocycles. The highest BCUT2D eigenvalue weighted by atomic mass is 16.7. The lowest BCUT2D eigenvalue weighted by molar-refractivity contribution is -0.140. The van der Waals surface area contributed by atoms with E-state index in [1.54, 1.807) is 7.11 Å². The zero-order valence-electron chi connectivity index (χ0n) is 21.2. The number of nitriles is 1. The first-order chi connectivity index (χ1) is 17.4. The summed E-state index contributed by atoms with van der Waals surface area (Å²) in [5.74, 6) is 0.221. The summed E-state index contributed by atoms with van der Waals surface area (Å²) in [6.45, 7) is 8.61. The largest absolute Gasteiger partial charge is 0.488 e. The van der Waals surface area contributed by atoms with Crippen molar-refractivity contribution in [2.45, 2.75) is 40.3 Å². The van der Waals surface area contributed by atoms with Gasteiger partial charge in [0.25, 0.3) is 0 Å². The van der Waals surface area contributed by atoms with Gasteiger partial charge in [-0.1, -0.05) is 11.2 Å². The Labute approximate surface area is 210 Å². The number of aryl methyl sites for hydroxylation is 2. The molecule has 0 radical (unpaired) electrons. The van der Waals surface area contributed by atoms with E-state index in [2.05, 4.69) is 22.7 Å². The second kappa shape index (κ2) is 10.6. The summed E-state index contributed by atoms with van der Waals surface area (Å²) in [4.78, 5) is 16.7. The van der Waals surface area contributed by atoms with Gasteiger partial charge in [-0.3, -0.25) is 0 Å². The number of ether oxygens (including phenoxy) is 2. The van der Waals surface area contributed by atoms with E-state index in [0.29, 0.717) is 17.9 Å². The molecule has 1 aromatic heterocycles. The van der Waals surface area contributed by atoms with Crippen molar-refractivity contribution < 1.29 is 19.1 Å². The molecule has 0 aliphatic carbocycles. The number of rotatable bonds is 8. The average molecular weight is 484 g/mol. The Morgan fingerprint density at radius 1 is 1.08 bits per heavy atom. The van der Waals surface area contributed by atoms with E-state index in [1.165, 1.54) is 6.92 Å². The van der Waals surface area contributed by atoms with Crippen molar-refractivity contribution in [1.29, 1.82) is 5.26 Å². The number of hydrogen-bond acceptors (Lipinski definition) is 6. The minimum atomic E-state index is -0.499. The molecule has 1 unspecified atom stereocenters. The Kier molecular flexibility index (Phi) is 7.37. The summed E-state index contributed by atoms with van der Waals surface area (Å²) in [7, 11) is 1.64. The lowest BCUT2D eigenvalue weighted by Crippen LogP contribution is -2.18. The van der Waals surface area contributed by atoms with Crippen LogP contribution in [0.5, 0.6) is 5.75 Å². The maximum atomic E-state index is 11.6. The number of hydrogen-bond donors (Lipinski definition) is 0. The van der Waals surface area contributed by atoms with Gasteiger partial charge in [0.15, 0.2) is 0 Å². The fraction of sp³-hybridized carbons (Fsp3) is 0.276. The van der Waals surface area contributed by atoms with Gasteiger partial charge < -0.3 is 18.9 Å². The van der Waals surface area contributed by atoms with Gasteiger partial charge >= 0.3 is 5.97 Å². The van der Waals surface area contributed by atoms with Crippen molar-refractivity contribution in [1.82, 2.24) is 4.57 Å². The second-order valence-electron chi connectivity index (χ2n) is 8.70. The third-order valence-corrected chi connectivity index (χ3v) is 6.04. The molecule has 0 aliphatic heterocycles. The van der Waals surface area contributed by atoms with Crippen molar-refractivity contribution >= 4 is 33.5 Å². The molecule has 0 saturated carbocycles. The van der Waals surface area contributed by atoms with Crippen LogP contribution in [0.3, 0.4) is 0 Å². The number of nitrogens with zero attached hydrogens (tertiary/aromatic N) is 3. The van der Waals surface area contributed by atoms with Gasteiger partial charge in [0.2, 0.25) is 0 Å². The first-order valence-corrected chi connectivity index (χ1v) is 11.8. The van der Waals surface area contributed by atoms with Gasteiger partial charge in [-0.25, -0.2) is 4.79 Å². The summed E-state index contributed by atoms with van der Waals surface area (Å²) in [6, 6.07) is 19.8. The lowest BCUT2D eigenvalue weighted by Gasteiger charge is -2.16. The first kappa shape index (κ1) is 25.0. The minimum absolute atomic E-state index is 0.0916. The molecule has 7 heteroatoms. The maximum Gasteiger partial charge on any atom is 0.332 e. The van der Waals surface area contributed by atoms with Gasteiger partial charge in [-0.05, 0) is 74.9 Å². The van der Waals surface area contributed by atoms with Gasteiger partial charge in [0.05, 0.1) is 18.2 Å². The van der Waals surface area contributed by atoms with Crippen LogP contribution in [0.4, 0.5) is 0 Å². The van der Waals surface area contributed by atoms with E-state index < -0.39 is 5.97 Å². The number of carbonyl (C=O) groups is 1. The highest BCUT2D eigenvalue weighted by molar-refractivity contribution is 6.17. The molecule has 0 fully saturated rings. The van der Waals surface area contributed by atoms with Crippen LogP contribution in [0, 0.1) is 18.3 Å². The van der Waals surface area contributed by atoms with Gasteiger partial charge in [0.1, 0.15) is 17.6 Å². The van der Waals surface area contributed by atoms with E-state index in [0.717, 1.165) is 50.8 Å². The van der Waals surface area contributed by atoms with Crippen LogP contribution >= 0.6 is 0 Å². The van der Waals surface area contributed by atoms with E-state index in [4.69, 9.17) is 14.3 Å². The zero-order chi connectivity index (χ0) is 25.8. The Hall–Kier alpha value is -4.15. The van der Waals surface area contributed by atoms with E-state index >= 15 is 0 Å². The molecule has 184 valence electrons. The smallest absolute Gasteiger partial charge is 0.332 e. The maximum absolute atomic E-state index is 11.6. The molecule has 0 spiro atoms. The predicted octanol–water partition coefficient (Wildman–Crippen LogP) is 5.72. The quantitative estimate of drug-likeness (QED) is 0.182. The van der Waals surface area contributed by atoms with Crippen LogP contribution in [-0.2, 0) is 20.9 Å². The summed E-state index contributed by atoms with van der Waals surface area (Å²) >= 11 is 0. The predicted molar refractivity (Wildman–Crippen MR) is 140 cm³/mol. The van der Waals surface area contributed by atoms with Crippen LogP contribution in [0.2, 0.25) is 0 Å². The molecular formula is C29H29N3O4. The Balaban J connectivity index is 1.85. The highest BCUT2D eigenvalue weighted by Gasteiger charge is 2.17. The fourth-order valence-corrected chi connectivity index (χ4v) is 4.51. The third kappa shape index (κ3) is 4.95. The van der Waals surface area contributed by atoms with Gasteiger partial charge in [0, 0.05) is 53.5 Å². The van der Waals surface area contributed by atoms with Crippen LogP contribution in [0.25, 0.3) is 21.8 Å². The van der Waals surface area contributed by atoms with Gasteiger partial charge in [-0.2, -0.15) is 5.26 Å². The molecule has 0 N–H and O–H groups in total. The average Bonchev–Trinajstić information content (AvgIpc) is 3.17. The summed E-state index contributed by atoms with van der Waals surface area (Å²) in [5.41, 5.74) is 5.80. The van der Waals surface area contributed by atoms with Crippen molar-refractivity contribution in [2.24, 2.45) is 5.16 Å². The second-order valence-corrected chi connectivity index (χ2v) is 8.70. The molecule has 4 rings (SSSR count). The Bertz CT molecular complexity index is 1510. The molecular weight excluding hydrogens is 454 g/mol. The summed E-state index contributed by atoms with van der Waals surface area (Å²) < 4.78 is 13.3. The highest BCUT2D eigenvalue weighted by Crippen LogP contribution is 2.32. The molecule has 4 aromatic rings. The number of oxime groups is 1. The summed E-state index contributed by atoms with van der Waals surface area (Å²) in [5, 5.41) is 15.7. The van der Waals surface area contributed by atoms with Crippen LogP contribution in [0.15, 0.2) is 59.8 Å². The van der Waals surface area contributed by atoms with Crippen LogP contribution in [-0.4, -0.2) is 36.1 Å². The number of methoxy groups -OCH3 is 1. The van der Waals surface area contributed by atoms with Gasteiger partial charge in [-0.15, -0.1) is 0 Å². The molecule has 0 saturated heterocycles. The normalized spacial score (nSPS) is 12.5. The first-order valence-electron chi connectivity index (χ1n) is 11.8. The van der Waals surface area contributed by atoms with Crippen molar-refractivity contribution in [2.75, 3.05) is 13.7 Å². The SMILES string of the molecule is CCn1c2ccc(C#N)cc2c2cc(/C(=N/OC(C)=O)c3ccc(OC(C)COC)cc3C)ccc21. The lowest BCUT2D eigenvalue weighted by atomic mass is 9.96. The zero-order valence-corrected chi connectivity index (χ0v) is 21.2. The van der Waals surface area contributed by atoms with Crippen molar-refractivity contribution in [3.8, 4) is 11.8 Å². The Morgan fingerprint density at radius 2 is 1.81 bits per heavy atom. The van der Waals surface area contributed by atoms with Crippen molar-refractivity contribution in [3.63, 3.8) is 0 Å². The topological polar surface area (TPSA) is 85.8 Å². The van der Waals surface area contributed by atoms with E-state index in [9.17, 15) is 10.1 Å². The minimum Gasteiger partial charge on any atom is -0.488 e. The summed E-state index contributed by atoms with van der Waals surface area (Å²) in [6.07, 6.45) is -0.0916. The number of benzene rings is 3. The van der Waals surface area contributed by atoms with Crippen LogP contribution < -0.4 is 4.74 Å². The molecule has 0 bridgehead atoms. The molecule has 1 heterocycles. The standard InChI is InChI=1S/C29H29N3O4/c1-6-32-27-11-7-21(16-30)14-25(27)26-15-22(8-12-28(26)32)29(31-36-20(4)33)24-10-9-23(13-18(24)2)35-19(3)17-34-5/h7-15,19H,6,17H2,1-5H3/b31-29-. The van der Waals surface area contributed by atoms with E-state index in [-0.39, 0.29) is 6.10 Å². The van der Waals surface area contributed by atoms with Crippen molar-refractivity contribution in [3.05, 3.63) is 76.9 Å². The molecule has 7 nitrogen and oxygen atoms in total.